The standard InChI is InChI=1S/C15H21BrN2O2/c1-20-9-11-12(16)4-2-5-13(11)18-14(19)8-15(10-17)6-3-7-15/h2,4-5H,3,6-10,17H2,1H3,(H,18,19). The Bertz CT molecular complexity index is 481. The molecule has 0 aliphatic heterocycles. The van der Waals surface area contributed by atoms with E-state index >= 15 is 0 Å². The van der Waals surface area contributed by atoms with E-state index in [2.05, 4.69) is 21.2 Å². The van der Waals surface area contributed by atoms with Gasteiger partial charge >= 0.3 is 0 Å². The Hall–Kier alpha value is -0.910. The van der Waals surface area contributed by atoms with Crippen LogP contribution in [0.15, 0.2) is 22.7 Å². The van der Waals surface area contributed by atoms with Gasteiger partial charge in [-0.1, -0.05) is 28.4 Å². The number of hydrogen-bond acceptors (Lipinski definition) is 3. The third-order valence-electron chi connectivity index (χ3n) is 4.06. The first-order valence-electron chi connectivity index (χ1n) is 6.86. The van der Waals surface area contributed by atoms with Crippen LogP contribution in [0.1, 0.15) is 31.2 Å². The molecule has 0 radical (unpaired) electrons. The lowest BCUT2D eigenvalue weighted by Gasteiger charge is -2.40. The van der Waals surface area contributed by atoms with Gasteiger partial charge in [-0.05, 0) is 36.9 Å². The molecule has 1 aromatic rings. The quantitative estimate of drug-likeness (QED) is 0.836. The molecule has 110 valence electrons. The summed E-state index contributed by atoms with van der Waals surface area (Å²) in [5, 5.41) is 2.99. The van der Waals surface area contributed by atoms with Gasteiger partial charge in [0.1, 0.15) is 0 Å². The van der Waals surface area contributed by atoms with E-state index in [0.717, 1.165) is 28.6 Å². The van der Waals surface area contributed by atoms with Crippen LogP contribution in [0.3, 0.4) is 0 Å². The Balaban J connectivity index is 2.06. The highest BCUT2D eigenvalue weighted by Crippen LogP contribution is 2.43. The minimum absolute atomic E-state index is 0.0253. The van der Waals surface area contributed by atoms with Crippen LogP contribution in [0.2, 0.25) is 0 Å². The number of carbonyl (C=O) groups is 1. The molecule has 1 fully saturated rings. The van der Waals surface area contributed by atoms with E-state index in [1.165, 1.54) is 6.42 Å². The first-order chi connectivity index (χ1) is 9.60. The fourth-order valence-corrected chi connectivity index (χ4v) is 3.11. The van der Waals surface area contributed by atoms with Crippen molar-refractivity contribution in [1.29, 1.82) is 0 Å². The van der Waals surface area contributed by atoms with Crippen molar-refractivity contribution in [3.63, 3.8) is 0 Å². The Kier molecular flexibility index (Phi) is 5.18. The third-order valence-corrected chi connectivity index (χ3v) is 4.81. The van der Waals surface area contributed by atoms with Crippen LogP contribution in [0.4, 0.5) is 5.69 Å². The first-order valence-corrected chi connectivity index (χ1v) is 7.66. The molecule has 2 rings (SSSR count). The van der Waals surface area contributed by atoms with Crippen LogP contribution in [0, 0.1) is 5.41 Å². The van der Waals surface area contributed by atoms with Gasteiger partial charge in [-0.25, -0.2) is 0 Å². The van der Waals surface area contributed by atoms with Crippen molar-refractivity contribution in [2.45, 2.75) is 32.3 Å². The summed E-state index contributed by atoms with van der Waals surface area (Å²) < 4.78 is 6.12. The lowest BCUT2D eigenvalue weighted by atomic mass is 9.66. The van der Waals surface area contributed by atoms with Crippen molar-refractivity contribution in [3.05, 3.63) is 28.2 Å². The molecule has 0 spiro atoms. The number of rotatable bonds is 6. The summed E-state index contributed by atoms with van der Waals surface area (Å²) in [6.07, 6.45) is 3.79. The van der Waals surface area contributed by atoms with Crippen LogP contribution < -0.4 is 11.1 Å². The highest BCUT2D eigenvalue weighted by molar-refractivity contribution is 9.10. The van der Waals surface area contributed by atoms with E-state index in [0.29, 0.717) is 19.6 Å². The average molecular weight is 341 g/mol. The number of nitrogens with one attached hydrogen (secondary N) is 1. The normalized spacial score (nSPS) is 16.6. The highest BCUT2D eigenvalue weighted by atomic mass is 79.9. The van der Waals surface area contributed by atoms with E-state index in [1.54, 1.807) is 7.11 Å². The van der Waals surface area contributed by atoms with Gasteiger partial charge in [0.15, 0.2) is 0 Å². The largest absolute Gasteiger partial charge is 0.380 e. The van der Waals surface area contributed by atoms with Crippen molar-refractivity contribution >= 4 is 27.5 Å². The molecule has 0 bridgehead atoms. The lowest BCUT2D eigenvalue weighted by molar-refractivity contribution is -0.119. The molecule has 1 aromatic carbocycles. The predicted molar refractivity (Wildman–Crippen MR) is 83.4 cm³/mol. The molecule has 5 heteroatoms. The molecule has 1 aliphatic rings. The summed E-state index contributed by atoms with van der Waals surface area (Å²) in [7, 11) is 1.64. The number of anilines is 1. The number of nitrogens with two attached hydrogens (primary N) is 1. The monoisotopic (exact) mass is 340 g/mol. The summed E-state index contributed by atoms with van der Waals surface area (Å²) in [5.41, 5.74) is 7.59. The number of ether oxygens (including phenoxy) is 1. The fourth-order valence-electron chi connectivity index (χ4n) is 2.63. The summed E-state index contributed by atoms with van der Waals surface area (Å²) in [6, 6.07) is 5.74. The second-order valence-electron chi connectivity index (χ2n) is 5.48. The number of benzene rings is 1. The van der Waals surface area contributed by atoms with Crippen LogP contribution in [0.25, 0.3) is 0 Å². The van der Waals surface area contributed by atoms with Gasteiger partial charge in [-0.15, -0.1) is 0 Å². The molecular formula is C15H21BrN2O2. The van der Waals surface area contributed by atoms with Gasteiger partial charge in [0.25, 0.3) is 0 Å². The first kappa shape index (κ1) is 15.5. The maximum Gasteiger partial charge on any atom is 0.224 e. The van der Waals surface area contributed by atoms with Gasteiger partial charge in [0, 0.05) is 29.3 Å². The molecule has 0 unspecified atom stereocenters. The summed E-state index contributed by atoms with van der Waals surface area (Å²) in [5.74, 6) is 0.0330. The molecule has 4 nitrogen and oxygen atoms in total. The van der Waals surface area contributed by atoms with Crippen molar-refractivity contribution < 1.29 is 9.53 Å². The molecule has 3 N–H and O–H groups in total. The van der Waals surface area contributed by atoms with E-state index in [1.807, 2.05) is 18.2 Å². The second kappa shape index (κ2) is 6.70. The van der Waals surface area contributed by atoms with Crippen LogP contribution >= 0.6 is 15.9 Å². The number of carbonyl (C=O) groups excluding carboxylic acids is 1. The topological polar surface area (TPSA) is 64.3 Å². The van der Waals surface area contributed by atoms with E-state index in [9.17, 15) is 4.79 Å². The lowest BCUT2D eigenvalue weighted by Crippen LogP contribution is -2.40. The van der Waals surface area contributed by atoms with Gasteiger partial charge < -0.3 is 15.8 Å². The average Bonchev–Trinajstić information content (AvgIpc) is 2.38. The Morgan fingerprint density at radius 1 is 1.50 bits per heavy atom. The van der Waals surface area contributed by atoms with Crippen molar-refractivity contribution in [2.24, 2.45) is 11.1 Å². The van der Waals surface area contributed by atoms with Crippen molar-refractivity contribution in [1.82, 2.24) is 0 Å². The number of halogens is 1. The van der Waals surface area contributed by atoms with Crippen LogP contribution in [-0.2, 0) is 16.1 Å². The van der Waals surface area contributed by atoms with Gasteiger partial charge in [0.05, 0.1) is 6.61 Å². The number of hydrogen-bond donors (Lipinski definition) is 2. The fraction of sp³-hybridized carbons (Fsp3) is 0.533. The Morgan fingerprint density at radius 3 is 2.80 bits per heavy atom. The summed E-state index contributed by atoms with van der Waals surface area (Å²) in [4.78, 5) is 12.2. The second-order valence-corrected chi connectivity index (χ2v) is 6.34. The minimum Gasteiger partial charge on any atom is -0.380 e. The molecular weight excluding hydrogens is 320 g/mol. The van der Waals surface area contributed by atoms with E-state index in [-0.39, 0.29) is 11.3 Å². The molecule has 1 saturated carbocycles. The molecule has 1 aliphatic carbocycles. The van der Waals surface area contributed by atoms with Gasteiger partial charge in [0.2, 0.25) is 5.91 Å². The molecule has 0 atom stereocenters. The third kappa shape index (κ3) is 3.40. The number of methoxy groups -OCH3 is 1. The Morgan fingerprint density at radius 2 is 2.25 bits per heavy atom. The minimum atomic E-state index is 0.0253. The zero-order valence-corrected chi connectivity index (χ0v) is 13.3. The molecule has 0 heterocycles. The number of amides is 1. The van der Waals surface area contributed by atoms with E-state index in [4.69, 9.17) is 10.5 Å². The predicted octanol–water partition coefficient (Wildman–Crippen LogP) is 3.05. The van der Waals surface area contributed by atoms with Crippen LogP contribution in [-0.4, -0.2) is 19.6 Å². The van der Waals surface area contributed by atoms with Crippen LogP contribution in [0.5, 0.6) is 0 Å². The smallest absolute Gasteiger partial charge is 0.224 e. The maximum absolute atomic E-state index is 12.2. The zero-order chi connectivity index (χ0) is 14.6. The summed E-state index contributed by atoms with van der Waals surface area (Å²) in [6.45, 7) is 1.04. The SMILES string of the molecule is COCc1c(Br)cccc1NC(=O)CC1(CN)CCC1. The molecule has 0 saturated heterocycles. The molecule has 1 amide bonds. The molecule has 0 aromatic heterocycles. The van der Waals surface area contributed by atoms with Gasteiger partial charge in [-0.3, -0.25) is 4.79 Å². The Labute approximate surface area is 128 Å². The molecule has 20 heavy (non-hydrogen) atoms. The summed E-state index contributed by atoms with van der Waals surface area (Å²) >= 11 is 3.49. The highest BCUT2D eigenvalue weighted by Gasteiger charge is 2.37. The van der Waals surface area contributed by atoms with E-state index < -0.39 is 0 Å². The maximum atomic E-state index is 12.2. The van der Waals surface area contributed by atoms with Crippen molar-refractivity contribution in [2.75, 3.05) is 19.0 Å². The zero-order valence-electron chi connectivity index (χ0n) is 11.7. The van der Waals surface area contributed by atoms with Gasteiger partial charge in [-0.2, -0.15) is 0 Å². The van der Waals surface area contributed by atoms with Crippen molar-refractivity contribution in [3.8, 4) is 0 Å².